The molecule has 24 heavy (non-hydrogen) atoms. The summed E-state index contributed by atoms with van der Waals surface area (Å²) < 4.78 is 37.4. The van der Waals surface area contributed by atoms with E-state index in [0.717, 1.165) is 0 Å². The smallest absolute Gasteiger partial charge is 0.240 e. The molecule has 0 aromatic heterocycles. The van der Waals surface area contributed by atoms with E-state index in [4.69, 9.17) is 9.47 Å². The van der Waals surface area contributed by atoms with Crippen molar-refractivity contribution in [2.24, 2.45) is 0 Å². The third-order valence-corrected chi connectivity index (χ3v) is 5.93. The fourth-order valence-corrected chi connectivity index (χ4v) is 4.14. The molecular formula is C18H29NO4S. The average molecular weight is 356 g/mol. The summed E-state index contributed by atoms with van der Waals surface area (Å²) in [6.07, 6.45) is 6.95. The Morgan fingerprint density at radius 3 is 2.42 bits per heavy atom. The zero-order valence-corrected chi connectivity index (χ0v) is 15.3. The van der Waals surface area contributed by atoms with Crippen molar-refractivity contribution in [2.75, 3.05) is 33.5 Å². The van der Waals surface area contributed by atoms with Gasteiger partial charge >= 0.3 is 0 Å². The Kier molecular flexibility index (Phi) is 8.18. The van der Waals surface area contributed by atoms with Crippen LogP contribution in [0.5, 0.6) is 0 Å². The second kappa shape index (κ2) is 10.1. The Balaban J connectivity index is 1.78. The quantitative estimate of drug-likeness (QED) is 0.655. The van der Waals surface area contributed by atoms with E-state index < -0.39 is 10.0 Å². The number of nitrogens with one attached hydrogen (secondary N) is 1. The Morgan fingerprint density at radius 2 is 1.75 bits per heavy atom. The van der Waals surface area contributed by atoms with E-state index in [2.05, 4.69) is 4.72 Å². The SMILES string of the molecule is COCCOCCCNS(=O)(=O)c1ccc(C2CCCCC2)cc1. The normalized spacial score (nSPS) is 16.4. The van der Waals surface area contributed by atoms with Gasteiger partial charge in [-0.05, 0) is 42.9 Å². The molecule has 2 rings (SSSR count). The van der Waals surface area contributed by atoms with Gasteiger partial charge in [0.2, 0.25) is 10.0 Å². The fraction of sp³-hybridized carbons (Fsp3) is 0.667. The van der Waals surface area contributed by atoms with E-state index >= 15 is 0 Å². The summed E-state index contributed by atoms with van der Waals surface area (Å²) in [5.74, 6) is 0.590. The van der Waals surface area contributed by atoms with E-state index in [0.29, 0.717) is 43.6 Å². The Morgan fingerprint density at radius 1 is 1.04 bits per heavy atom. The lowest BCUT2D eigenvalue weighted by Crippen LogP contribution is -2.25. The van der Waals surface area contributed by atoms with Crippen LogP contribution in [0.4, 0.5) is 0 Å². The van der Waals surface area contributed by atoms with Crippen LogP contribution in [0.2, 0.25) is 0 Å². The van der Waals surface area contributed by atoms with E-state index in [-0.39, 0.29) is 0 Å². The molecule has 5 nitrogen and oxygen atoms in total. The summed E-state index contributed by atoms with van der Waals surface area (Å²) in [6.45, 7) is 1.98. The van der Waals surface area contributed by atoms with E-state index in [1.54, 1.807) is 19.2 Å². The molecule has 1 N–H and O–H groups in total. The first-order valence-electron chi connectivity index (χ1n) is 8.80. The minimum atomic E-state index is -3.44. The second-order valence-corrected chi connectivity index (χ2v) is 8.03. The number of hydrogen-bond donors (Lipinski definition) is 1. The van der Waals surface area contributed by atoms with Crippen LogP contribution in [-0.4, -0.2) is 41.9 Å². The van der Waals surface area contributed by atoms with Crippen molar-refractivity contribution < 1.29 is 17.9 Å². The van der Waals surface area contributed by atoms with Crippen LogP contribution in [0.15, 0.2) is 29.2 Å². The van der Waals surface area contributed by atoms with Crippen LogP contribution in [0.25, 0.3) is 0 Å². The van der Waals surface area contributed by atoms with Crippen molar-refractivity contribution in [1.29, 1.82) is 0 Å². The molecule has 1 aromatic carbocycles. The van der Waals surface area contributed by atoms with Gasteiger partial charge in [0.25, 0.3) is 0 Å². The Labute approximate surface area is 145 Å². The third kappa shape index (κ3) is 6.16. The zero-order chi connectivity index (χ0) is 17.3. The minimum Gasteiger partial charge on any atom is -0.382 e. The van der Waals surface area contributed by atoms with Crippen LogP contribution in [0.3, 0.4) is 0 Å². The molecule has 1 saturated carbocycles. The predicted octanol–water partition coefficient (Wildman–Crippen LogP) is 3.07. The standard InChI is InChI=1S/C18H29NO4S/c1-22-14-15-23-13-5-12-19-24(20,21)18-10-8-17(9-11-18)16-6-3-2-4-7-16/h8-11,16,19H,2-7,12-15H2,1H3. The van der Waals surface area contributed by atoms with Crippen LogP contribution >= 0.6 is 0 Å². The summed E-state index contributed by atoms with van der Waals surface area (Å²) in [7, 11) is -1.81. The first kappa shape index (κ1) is 19.4. The Bertz CT molecular complexity index is 565. The molecule has 6 heteroatoms. The number of methoxy groups -OCH3 is 1. The molecule has 0 heterocycles. The van der Waals surface area contributed by atoms with Crippen molar-refractivity contribution in [3.05, 3.63) is 29.8 Å². The molecule has 1 fully saturated rings. The van der Waals surface area contributed by atoms with Crippen molar-refractivity contribution in [3.8, 4) is 0 Å². The third-order valence-electron chi connectivity index (χ3n) is 4.46. The van der Waals surface area contributed by atoms with Gasteiger partial charge in [-0.15, -0.1) is 0 Å². The molecule has 0 atom stereocenters. The van der Waals surface area contributed by atoms with Crippen LogP contribution in [0, 0.1) is 0 Å². The average Bonchev–Trinajstić information content (AvgIpc) is 2.62. The molecule has 0 saturated heterocycles. The summed E-state index contributed by atoms with van der Waals surface area (Å²) in [5.41, 5.74) is 1.26. The van der Waals surface area contributed by atoms with E-state index in [9.17, 15) is 8.42 Å². The van der Waals surface area contributed by atoms with Crippen LogP contribution in [-0.2, 0) is 19.5 Å². The number of rotatable bonds is 10. The maximum absolute atomic E-state index is 12.3. The lowest BCUT2D eigenvalue weighted by Gasteiger charge is -2.22. The molecule has 0 aliphatic heterocycles. The Hall–Kier alpha value is -0.950. The lowest BCUT2D eigenvalue weighted by atomic mass is 9.84. The van der Waals surface area contributed by atoms with Gasteiger partial charge in [0.1, 0.15) is 0 Å². The monoisotopic (exact) mass is 355 g/mol. The molecule has 0 spiro atoms. The molecule has 0 bridgehead atoms. The number of ether oxygens (including phenoxy) is 2. The zero-order valence-electron chi connectivity index (χ0n) is 14.5. The number of sulfonamides is 1. The van der Waals surface area contributed by atoms with Gasteiger partial charge in [0, 0.05) is 20.3 Å². The highest BCUT2D eigenvalue weighted by molar-refractivity contribution is 7.89. The topological polar surface area (TPSA) is 64.6 Å². The lowest BCUT2D eigenvalue weighted by molar-refractivity contribution is 0.0699. The highest BCUT2D eigenvalue weighted by atomic mass is 32.2. The predicted molar refractivity (Wildman–Crippen MR) is 94.8 cm³/mol. The highest BCUT2D eigenvalue weighted by Crippen LogP contribution is 2.32. The van der Waals surface area contributed by atoms with Crippen molar-refractivity contribution in [3.63, 3.8) is 0 Å². The summed E-state index contributed by atoms with van der Waals surface area (Å²) >= 11 is 0. The number of hydrogen-bond acceptors (Lipinski definition) is 4. The van der Waals surface area contributed by atoms with Crippen molar-refractivity contribution >= 4 is 10.0 Å². The first-order valence-corrected chi connectivity index (χ1v) is 10.3. The first-order chi connectivity index (χ1) is 11.6. The van der Waals surface area contributed by atoms with Crippen LogP contribution in [0.1, 0.15) is 50.0 Å². The summed E-state index contributed by atoms with van der Waals surface area (Å²) in [4.78, 5) is 0.336. The van der Waals surface area contributed by atoms with E-state index in [1.807, 2.05) is 12.1 Å². The highest BCUT2D eigenvalue weighted by Gasteiger charge is 2.17. The maximum Gasteiger partial charge on any atom is 0.240 e. The summed E-state index contributed by atoms with van der Waals surface area (Å²) in [5, 5.41) is 0. The molecule has 1 aliphatic carbocycles. The van der Waals surface area contributed by atoms with Gasteiger partial charge in [0.05, 0.1) is 18.1 Å². The van der Waals surface area contributed by atoms with Gasteiger partial charge in [0.15, 0.2) is 0 Å². The van der Waals surface area contributed by atoms with Gasteiger partial charge in [-0.3, -0.25) is 0 Å². The fourth-order valence-electron chi connectivity index (χ4n) is 3.06. The van der Waals surface area contributed by atoms with Crippen molar-refractivity contribution in [1.82, 2.24) is 4.72 Å². The van der Waals surface area contributed by atoms with Gasteiger partial charge in [-0.1, -0.05) is 31.4 Å². The second-order valence-electron chi connectivity index (χ2n) is 6.26. The van der Waals surface area contributed by atoms with Gasteiger partial charge < -0.3 is 9.47 Å². The summed E-state index contributed by atoms with van der Waals surface area (Å²) in [6, 6.07) is 7.39. The molecule has 0 amide bonds. The number of benzene rings is 1. The van der Waals surface area contributed by atoms with Crippen molar-refractivity contribution in [2.45, 2.75) is 49.3 Å². The van der Waals surface area contributed by atoms with Gasteiger partial charge in [-0.25, -0.2) is 13.1 Å². The minimum absolute atomic E-state index is 0.336. The van der Waals surface area contributed by atoms with E-state index in [1.165, 1.54) is 37.7 Å². The molecular weight excluding hydrogens is 326 g/mol. The van der Waals surface area contributed by atoms with Gasteiger partial charge in [-0.2, -0.15) is 0 Å². The molecule has 1 aliphatic rings. The molecule has 0 unspecified atom stereocenters. The maximum atomic E-state index is 12.3. The molecule has 1 aromatic rings. The van der Waals surface area contributed by atoms with Crippen LogP contribution < -0.4 is 4.72 Å². The molecule has 0 radical (unpaired) electrons. The molecule has 136 valence electrons. The largest absolute Gasteiger partial charge is 0.382 e.